The third-order valence-electron chi connectivity index (χ3n) is 2.69. The monoisotopic (exact) mass is 300 g/mol. The van der Waals surface area contributed by atoms with E-state index in [-0.39, 0.29) is 6.10 Å². The SMILES string of the molecule is CCNCc1cc(Br)cnc1OC(C)C(C)C. The Morgan fingerprint density at radius 1 is 1.41 bits per heavy atom. The summed E-state index contributed by atoms with van der Waals surface area (Å²) >= 11 is 3.44. The van der Waals surface area contributed by atoms with Gasteiger partial charge in [0.15, 0.2) is 0 Å². The molecule has 4 heteroatoms. The summed E-state index contributed by atoms with van der Waals surface area (Å²) in [5, 5.41) is 3.29. The average molecular weight is 301 g/mol. The van der Waals surface area contributed by atoms with Crippen LogP contribution in [0.3, 0.4) is 0 Å². The van der Waals surface area contributed by atoms with Crippen LogP contribution in [0.15, 0.2) is 16.7 Å². The van der Waals surface area contributed by atoms with Crippen molar-refractivity contribution in [1.82, 2.24) is 10.3 Å². The van der Waals surface area contributed by atoms with Crippen molar-refractivity contribution in [2.75, 3.05) is 6.54 Å². The minimum absolute atomic E-state index is 0.170. The molecule has 1 atom stereocenters. The molecule has 1 rings (SSSR count). The molecule has 0 aliphatic carbocycles. The van der Waals surface area contributed by atoms with Crippen molar-refractivity contribution in [3.63, 3.8) is 0 Å². The van der Waals surface area contributed by atoms with Crippen LogP contribution in [0.25, 0.3) is 0 Å². The maximum atomic E-state index is 5.89. The number of hydrogen-bond donors (Lipinski definition) is 1. The van der Waals surface area contributed by atoms with Gasteiger partial charge in [-0.1, -0.05) is 20.8 Å². The number of ether oxygens (including phenoxy) is 1. The molecule has 0 saturated carbocycles. The molecule has 0 aliphatic rings. The van der Waals surface area contributed by atoms with Crippen molar-refractivity contribution in [3.05, 3.63) is 22.3 Å². The van der Waals surface area contributed by atoms with E-state index in [9.17, 15) is 0 Å². The zero-order valence-corrected chi connectivity index (χ0v) is 12.5. The number of nitrogens with zero attached hydrogens (tertiary/aromatic N) is 1. The van der Waals surface area contributed by atoms with Gasteiger partial charge < -0.3 is 10.1 Å². The Hall–Kier alpha value is -0.610. The molecular weight excluding hydrogens is 280 g/mol. The molecule has 0 fully saturated rings. The lowest BCUT2D eigenvalue weighted by molar-refractivity contribution is 0.161. The predicted octanol–water partition coefficient (Wildman–Crippen LogP) is 3.38. The van der Waals surface area contributed by atoms with Gasteiger partial charge in [0, 0.05) is 22.8 Å². The molecule has 1 unspecified atom stereocenters. The molecule has 0 aliphatic heterocycles. The van der Waals surface area contributed by atoms with E-state index >= 15 is 0 Å². The lowest BCUT2D eigenvalue weighted by Gasteiger charge is -2.19. The van der Waals surface area contributed by atoms with E-state index in [2.05, 4.69) is 60.0 Å². The number of hydrogen-bond acceptors (Lipinski definition) is 3. The average Bonchev–Trinajstić information content (AvgIpc) is 2.29. The van der Waals surface area contributed by atoms with E-state index in [1.807, 2.05) is 0 Å². The smallest absolute Gasteiger partial charge is 0.218 e. The fourth-order valence-corrected chi connectivity index (χ4v) is 1.65. The van der Waals surface area contributed by atoms with Crippen LogP contribution in [-0.2, 0) is 6.54 Å². The zero-order valence-electron chi connectivity index (χ0n) is 11.0. The minimum Gasteiger partial charge on any atom is -0.474 e. The number of halogens is 1. The molecule has 0 aromatic carbocycles. The van der Waals surface area contributed by atoms with Crippen LogP contribution in [0.1, 0.15) is 33.3 Å². The van der Waals surface area contributed by atoms with E-state index < -0.39 is 0 Å². The lowest BCUT2D eigenvalue weighted by Crippen LogP contribution is -2.21. The highest BCUT2D eigenvalue weighted by Gasteiger charge is 2.13. The molecule has 96 valence electrons. The van der Waals surface area contributed by atoms with E-state index in [0.717, 1.165) is 29.0 Å². The maximum Gasteiger partial charge on any atom is 0.218 e. The van der Waals surface area contributed by atoms with Gasteiger partial charge in [-0.05, 0) is 41.4 Å². The molecule has 1 aromatic rings. The Balaban J connectivity index is 2.82. The standard InChI is InChI=1S/C13H21BrN2O/c1-5-15-7-11-6-12(14)8-16-13(11)17-10(4)9(2)3/h6,8-10,15H,5,7H2,1-4H3. The maximum absolute atomic E-state index is 5.89. The second-order valence-electron chi connectivity index (χ2n) is 4.47. The van der Waals surface area contributed by atoms with Gasteiger partial charge in [-0.25, -0.2) is 4.98 Å². The number of pyridine rings is 1. The molecule has 1 aromatic heterocycles. The van der Waals surface area contributed by atoms with Crippen molar-refractivity contribution >= 4 is 15.9 Å². The van der Waals surface area contributed by atoms with Crippen LogP contribution in [0.5, 0.6) is 5.88 Å². The van der Waals surface area contributed by atoms with Crippen molar-refractivity contribution in [2.24, 2.45) is 5.92 Å². The molecule has 0 saturated heterocycles. The largest absolute Gasteiger partial charge is 0.474 e. The zero-order chi connectivity index (χ0) is 12.8. The van der Waals surface area contributed by atoms with Crippen LogP contribution in [0.4, 0.5) is 0 Å². The predicted molar refractivity (Wildman–Crippen MR) is 74.2 cm³/mol. The van der Waals surface area contributed by atoms with Crippen LogP contribution in [0.2, 0.25) is 0 Å². The van der Waals surface area contributed by atoms with Crippen LogP contribution in [0, 0.1) is 5.92 Å². The summed E-state index contributed by atoms with van der Waals surface area (Å²) in [6.45, 7) is 10.2. The molecule has 0 amide bonds. The molecule has 1 heterocycles. The normalized spacial score (nSPS) is 12.8. The fourth-order valence-electron chi connectivity index (χ4n) is 1.27. The summed E-state index contributed by atoms with van der Waals surface area (Å²) in [6.07, 6.45) is 1.95. The second kappa shape index (κ2) is 6.97. The van der Waals surface area contributed by atoms with Crippen molar-refractivity contribution in [1.29, 1.82) is 0 Å². The molecular formula is C13H21BrN2O. The van der Waals surface area contributed by atoms with Crippen molar-refractivity contribution in [3.8, 4) is 5.88 Å². The third-order valence-corrected chi connectivity index (χ3v) is 3.13. The highest BCUT2D eigenvalue weighted by Crippen LogP contribution is 2.22. The molecule has 1 N–H and O–H groups in total. The lowest BCUT2D eigenvalue weighted by atomic mass is 10.1. The summed E-state index contributed by atoms with van der Waals surface area (Å²) < 4.78 is 6.87. The number of nitrogens with one attached hydrogen (secondary N) is 1. The first-order chi connectivity index (χ1) is 8.04. The summed E-state index contributed by atoms with van der Waals surface area (Å²) in [4.78, 5) is 4.34. The highest BCUT2D eigenvalue weighted by atomic mass is 79.9. The third kappa shape index (κ3) is 4.64. The quantitative estimate of drug-likeness (QED) is 0.874. The molecule has 0 spiro atoms. The van der Waals surface area contributed by atoms with E-state index in [0.29, 0.717) is 5.92 Å². The minimum atomic E-state index is 0.170. The Bertz CT molecular complexity index is 355. The van der Waals surface area contributed by atoms with Gasteiger partial charge in [0.25, 0.3) is 0 Å². The topological polar surface area (TPSA) is 34.2 Å². The Morgan fingerprint density at radius 3 is 2.71 bits per heavy atom. The van der Waals surface area contributed by atoms with Crippen molar-refractivity contribution < 1.29 is 4.74 Å². The molecule has 0 bridgehead atoms. The van der Waals surface area contributed by atoms with Gasteiger partial charge in [-0.15, -0.1) is 0 Å². The summed E-state index contributed by atoms with van der Waals surface area (Å²) in [7, 11) is 0. The highest BCUT2D eigenvalue weighted by molar-refractivity contribution is 9.10. The first-order valence-corrected chi connectivity index (χ1v) is 6.85. The van der Waals surface area contributed by atoms with Gasteiger partial charge in [-0.3, -0.25) is 0 Å². The first kappa shape index (κ1) is 14.5. The van der Waals surface area contributed by atoms with Gasteiger partial charge in [0.05, 0.1) is 6.10 Å². The van der Waals surface area contributed by atoms with Crippen LogP contribution >= 0.6 is 15.9 Å². The summed E-state index contributed by atoms with van der Waals surface area (Å²) in [5.41, 5.74) is 1.09. The van der Waals surface area contributed by atoms with Gasteiger partial charge in [-0.2, -0.15) is 0 Å². The van der Waals surface area contributed by atoms with Crippen LogP contribution < -0.4 is 10.1 Å². The fraction of sp³-hybridized carbons (Fsp3) is 0.615. The summed E-state index contributed by atoms with van der Waals surface area (Å²) in [6, 6.07) is 2.05. The van der Waals surface area contributed by atoms with Gasteiger partial charge >= 0.3 is 0 Å². The first-order valence-electron chi connectivity index (χ1n) is 6.06. The van der Waals surface area contributed by atoms with Gasteiger partial charge in [0.2, 0.25) is 5.88 Å². The molecule has 17 heavy (non-hydrogen) atoms. The van der Waals surface area contributed by atoms with Crippen molar-refractivity contribution in [2.45, 2.75) is 40.3 Å². The number of aromatic nitrogens is 1. The van der Waals surface area contributed by atoms with E-state index in [4.69, 9.17) is 4.74 Å². The van der Waals surface area contributed by atoms with Gasteiger partial charge in [0.1, 0.15) is 0 Å². The Kier molecular flexibility index (Phi) is 5.92. The molecule has 3 nitrogen and oxygen atoms in total. The van der Waals surface area contributed by atoms with Crippen LogP contribution in [-0.4, -0.2) is 17.6 Å². The van der Waals surface area contributed by atoms with E-state index in [1.54, 1.807) is 6.20 Å². The summed E-state index contributed by atoms with van der Waals surface area (Å²) in [5.74, 6) is 1.21. The number of rotatable bonds is 6. The second-order valence-corrected chi connectivity index (χ2v) is 5.38. The Morgan fingerprint density at radius 2 is 2.12 bits per heavy atom. The molecule has 0 radical (unpaired) electrons. The van der Waals surface area contributed by atoms with E-state index in [1.165, 1.54) is 0 Å². The Labute approximate surface area is 112 Å².